The van der Waals surface area contributed by atoms with Crippen LogP contribution in [0.2, 0.25) is 0 Å². The zero-order valence-corrected chi connectivity index (χ0v) is 16.1. The van der Waals surface area contributed by atoms with Crippen LogP contribution in [0.5, 0.6) is 0 Å². The molecule has 2 aliphatic carbocycles. The van der Waals surface area contributed by atoms with Gasteiger partial charge in [0.15, 0.2) is 5.79 Å². The summed E-state index contributed by atoms with van der Waals surface area (Å²) in [6, 6.07) is 10.9. The Labute approximate surface area is 148 Å². The largest absolute Gasteiger partial charge is 0.347 e. The number of ether oxygens (including phenoxy) is 2. The molecule has 24 heavy (non-hydrogen) atoms. The maximum absolute atomic E-state index is 6.20. The molecule has 0 radical (unpaired) electrons. The maximum Gasteiger partial charge on any atom is 0.174 e. The number of aryl methyl sites for hydroxylation is 1. The van der Waals surface area contributed by atoms with E-state index in [2.05, 4.69) is 44.2 Å². The molecule has 3 fully saturated rings. The predicted molar refractivity (Wildman–Crippen MR) is 101 cm³/mol. The summed E-state index contributed by atoms with van der Waals surface area (Å²) in [5.41, 5.74) is 2.10. The number of hydrogen-bond acceptors (Lipinski definition) is 2. The minimum Gasteiger partial charge on any atom is -0.347 e. The molecule has 4 rings (SSSR count). The second-order valence-electron chi connectivity index (χ2n) is 8.41. The highest BCUT2D eigenvalue weighted by Gasteiger charge is 2.72. The molecule has 4 atom stereocenters. The molecule has 3 aliphatic rings. The van der Waals surface area contributed by atoms with Crippen LogP contribution in [0.15, 0.2) is 30.3 Å². The van der Waals surface area contributed by atoms with Gasteiger partial charge in [0.25, 0.3) is 0 Å². The van der Waals surface area contributed by atoms with Crippen LogP contribution in [-0.2, 0) is 15.9 Å². The summed E-state index contributed by atoms with van der Waals surface area (Å²) >= 11 is 0. The van der Waals surface area contributed by atoms with Gasteiger partial charge >= 0.3 is 0 Å². The van der Waals surface area contributed by atoms with Gasteiger partial charge in [0, 0.05) is 11.8 Å². The van der Waals surface area contributed by atoms with E-state index in [1.54, 1.807) is 0 Å². The van der Waals surface area contributed by atoms with Crippen LogP contribution in [0.4, 0.5) is 0 Å². The highest BCUT2D eigenvalue weighted by atomic mass is 31.1. The van der Waals surface area contributed by atoms with Gasteiger partial charge in [-0.1, -0.05) is 44.2 Å². The van der Waals surface area contributed by atoms with Crippen molar-refractivity contribution in [3.63, 3.8) is 0 Å². The SMILES string of the molecule is CC1(CPCCCc2ccccc2)C2CCC1(C)C1(C2)OCCO1. The average Bonchev–Trinajstić information content (AvgIpc) is 3.20. The Balaban J connectivity index is 1.33. The van der Waals surface area contributed by atoms with Crippen molar-refractivity contribution in [3.8, 4) is 0 Å². The van der Waals surface area contributed by atoms with Gasteiger partial charge < -0.3 is 9.47 Å². The third kappa shape index (κ3) is 2.49. The Hall–Kier alpha value is -0.430. The molecule has 0 amide bonds. The molecule has 1 heterocycles. The van der Waals surface area contributed by atoms with E-state index in [1.807, 2.05) is 0 Å². The molecule has 2 bridgehead atoms. The molecule has 1 aromatic carbocycles. The van der Waals surface area contributed by atoms with E-state index in [4.69, 9.17) is 9.47 Å². The van der Waals surface area contributed by atoms with E-state index >= 15 is 0 Å². The zero-order valence-electron chi connectivity index (χ0n) is 15.1. The van der Waals surface area contributed by atoms with Crippen molar-refractivity contribution >= 4 is 8.58 Å². The Kier molecular flexibility index (Phi) is 4.52. The fraction of sp³-hybridized carbons (Fsp3) is 0.714. The van der Waals surface area contributed by atoms with E-state index in [0.717, 1.165) is 34.1 Å². The Morgan fingerprint density at radius 2 is 1.88 bits per heavy atom. The van der Waals surface area contributed by atoms with Crippen molar-refractivity contribution < 1.29 is 9.47 Å². The molecule has 3 heteroatoms. The molecule has 4 unspecified atom stereocenters. The fourth-order valence-electron chi connectivity index (χ4n) is 5.66. The van der Waals surface area contributed by atoms with Crippen LogP contribution in [-0.4, -0.2) is 31.3 Å². The number of benzene rings is 1. The molecule has 2 nitrogen and oxygen atoms in total. The Morgan fingerprint density at radius 1 is 1.12 bits per heavy atom. The van der Waals surface area contributed by atoms with Crippen LogP contribution in [0.25, 0.3) is 0 Å². The molecule has 1 aromatic rings. The summed E-state index contributed by atoms with van der Waals surface area (Å²) in [4.78, 5) is 0. The average molecular weight is 346 g/mol. The first-order valence-corrected chi connectivity index (χ1v) is 11.0. The lowest BCUT2D eigenvalue weighted by Gasteiger charge is -2.46. The summed E-state index contributed by atoms with van der Waals surface area (Å²) in [6.45, 7) is 6.57. The van der Waals surface area contributed by atoms with Gasteiger partial charge in [-0.3, -0.25) is 0 Å². The van der Waals surface area contributed by atoms with Crippen molar-refractivity contribution in [1.29, 1.82) is 0 Å². The Bertz CT molecular complexity index is 568. The van der Waals surface area contributed by atoms with Crippen LogP contribution >= 0.6 is 8.58 Å². The number of rotatable bonds is 6. The third-order valence-corrected chi connectivity index (χ3v) is 9.11. The molecule has 1 spiro atoms. The van der Waals surface area contributed by atoms with Crippen LogP contribution in [0.3, 0.4) is 0 Å². The zero-order chi connectivity index (χ0) is 16.7. The molecule has 0 N–H and O–H groups in total. The van der Waals surface area contributed by atoms with Gasteiger partial charge in [-0.05, 0) is 54.9 Å². The lowest BCUT2D eigenvalue weighted by atomic mass is 9.68. The first-order chi connectivity index (χ1) is 11.6. The summed E-state index contributed by atoms with van der Waals surface area (Å²) in [7, 11) is 1.07. The standard InChI is InChI=1S/C21H31O2P/c1-19(16-24-14-6-9-17-7-4-3-5-8-17)18-10-11-20(19,2)21(15-18)22-12-13-23-21/h3-5,7-8,18,24H,6,9-16H2,1-2H3. The third-order valence-electron chi connectivity index (χ3n) is 7.42. The van der Waals surface area contributed by atoms with Crippen molar-refractivity contribution in [1.82, 2.24) is 0 Å². The molecule has 2 saturated carbocycles. The van der Waals surface area contributed by atoms with Crippen LogP contribution in [0, 0.1) is 16.7 Å². The molecular weight excluding hydrogens is 315 g/mol. The van der Waals surface area contributed by atoms with Crippen molar-refractivity contribution in [2.24, 2.45) is 16.7 Å². The molecule has 0 aromatic heterocycles. The molecular formula is C21H31O2P. The quantitative estimate of drug-likeness (QED) is 0.540. The summed E-state index contributed by atoms with van der Waals surface area (Å²) in [5.74, 6) is 0.543. The Morgan fingerprint density at radius 3 is 2.62 bits per heavy atom. The van der Waals surface area contributed by atoms with Crippen LogP contribution in [0.1, 0.15) is 45.1 Å². The van der Waals surface area contributed by atoms with E-state index in [1.165, 1.54) is 43.6 Å². The summed E-state index contributed by atoms with van der Waals surface area (Å²) in [6.07, 6.45) is 9.05. The lowest BCUT2D eigenvalue weighted by Crippen LogP contribution is -2.49. The molecule has 132 valence electrons. The second-order valence-corrected chi connectivity index (χ2v) is 9.76. The molecule has 1 aliphatic heterocycles. The number of hydrogen-bond donors (Lipinski definition) is 0. The molecule has 1 saturated heterocycles. The van der Waals surface area contributed by atoms with Crippen LogP contribution < -0.4 is 0 Å². The van der Waals surface area contributed by atoms with Gasteiger partial charge in [0.05, 0.1) is 13.2 Å². The van der Waals surface area contributed by atoms with Crippen molar-refractivity contribution in [2.45, 2.75) is 51.7 Å². The smallest absolute Gasteiger partial charge is 0.174 e. The highest BCUT2D eigenvalue weighted by molar-refractivity contribution is 7.38. The number of fused-ring (bicyclic) bond motifs is 3. The van der Waals surface area contributed by atoms with Crippen molar-refractivity contribution in [2.75, 3.05) is 25.5 Å². The minimum absolute atomic E-state index is 0.216. The topological polar surface area (TPSA) is 18.5 Å². The van der Waals surface area contributed by atoms with E-state index in [0.29, 0.717) is 5.41 Å². The lowest BCUT2D eigenvalue weighted by molar-refractivity contribution is -0.236. The fourth-order valence-corrected chi connectivity index (χ4v) is 7.46. The summed E-state index contributed by atoms with van der Waals surface area (Å²) in [5, 5.41) is 0. The maximum atomic E-state index is 6.20. The van der Waals surface area contributed by atoms with Gasteiger partial charge in [0.1, 0.15) is 0 Å². The summed E-state index contributed by atoms with van der Waals surface area (Å²) < 4.78 is 12.4. The van der Waals surface area contributed by atoms with E-state index < -0.39 is 0 Å². The van der Waals surface area contributed by atoms with Gasteiger partial charge in [-0.15, -0.1) is 8.58 Å². The first-order valence-electron chi connectivity index (χ1n) is 9.62. The normalized spacial score (nSPS) is 37.2. The van der Waals surface area contributed by atoms with Gasteiger partial charge in [0.2, 0.25) is 0 Å². The van der Waals surface area contributed by atoms with Gasteiger partial charge in [-0.25, -0.2) is 0 Å². The van der Waals surface area contributed by atoms with Gasteiger partial charge in [-0.2, -0.15) is 0 Å². The first kappa shape index (κ1) is 17.0. The highest BCUT2D eigenvalue weighted by Crippen LogP contribution is 2.72. The van der Waals surface area contributed by atoms with Crippen molar-refractivity contribution in [3.05, 3.63) is 35.9 Å². The predicted octanol–water partition coefficient (Wildman–Crippen LogP) is 4.87. The van der Waals surface area contributed by atoms with E-state index in [9.17, 15) is 0 Å². The second kappa shape index (κ2) is 6.38. The monoisotopic (exact) mass is 346 g/mol. The van der Waals surface area contributed by atoms with E-state index in [-0.39, 0.29) is 11.2 Å². The minimum atomic E-state index is -0.251.